The molecule has 3 aromatic heterocycles. The molecule has 2 amide bonds. The smallest absolute Gasteiger partial charge is 0.270 e. The zero-order chi connectivity index (χ0) is 29.9. The van der Waals surface area contributed by atoms with Crippen LogP contribution in [0.15, 0.2) is 47.0 Å². The highest BCUT2D eigenvalue weighted by Gasteiger charge is 2.46. The van der Waals surface area contributed by atoms with Crippen molar-refractivity contribution >= 4 is 28.7 Å². The lowest BCUT2D eigenvalue weighted by atomic mass is 10.1. The van der Waals surface area contributed by atoms with Crippen molar-refractivity contribution in [2.45, 2.75) is 74.9 Å². The number of benzene rings is 1. The van der Waals surface area contributed by atoms with Crippen LogP contribution in [0.5, 0.6) is 0 Å². The van der Waals surface area contributed by atoms with Gasteiger partial charge in [0.1, 0.15) is 28.6 Å². The molecule has 11 nitrogen and oxygen atoms in total. The summed E-state index contributed by atoms with van der Waals surface area (Å²) in [5, 5.41) is 20.1. The summed E-state index contributed by atoms with van der Waals surface area (Å²) in [5.74, 6) is 0.372. The Kier molecular flexibility index (Phi) is 6.27. The molecule has 3 saturated carbocycles. The molecule has 0 aliphatic heterocycles. The molecule has 220 valence electrons. The van der Waals surface area contributed by atoms with Gasteiger partial charge in [-0.2, -0.15) is 10.4 Å². The summed E-state index contributed by atoms with van der Waals surface area (Å²) < 4.78 is 7.93. The third-order valence-corrected chi connectivity index (χ3v) is 8.78. The van der Waals surface area contributed by atoms with Crippen LogP contribution in [0.1, 0.15) is 73.6 Å². The molecule has 3 heterocycles. The van der Waals surface area contributed by atoms with Crippen LogP contribution in [-0.2, 0) is 16.6 Å². The maximum atomic E-state index is 13.7. The number of fused-ring (bicyclic) bond motifs is 1. The fraction of sp³-hybridized carbons (Fsp3) is 0.438. The molecule has 11 heteroatoms. The Hall–Kier alpha value is -4.72. The first-order chi connectivity index (χ1) is 20.6. The molecule has 1 atom stereocenters. The Morgan fingerprint density at radius 1 is 1.14 bits per heavy atom. The molecule has 1 aromatic carbocycles. The predicted octanol–water partition coefficient (Wildman–Crippen LogP) is 4.05. The van der Waals surface area contributed by atoms with E-state index in [9.17, 15) is 14.9 Å². The summed E-state index contributed by atoms with van der Waals surface area (Å²) in [5.41, 5.74) is 3.59. The molecule has 7 rings (SSSR count). The Bertz CT molecular complexity index is 1770. The summed E-state index contributed by atoms with van der Waals surface area (Å²) in [6.45, 7) is 2.16. The van der Waals surface area contributed by atoms with Gasteiger partial charge in [0.05, 0.1) is 24.2 Å². The molecule has 43 heavy (non-hydrogen) atoms. The van der Waals surface area contributed by atoms with Gasteiger partial charge >= 0.3 is 0 Å². The zero-order valence-electron chi connectivity index (χ0n) is 24.6. The fourth-order valence-electron chi connectivity index (χ4n) is 5.29. The number of hydrogen-bond donors (Lipinski definition) is 2. The molecule has 2 N–H and O–H groups in total. The number of hydrogen-bond acceptors (Lipinski definition) is 8. The first-order valence-electron chi connectivity index (χ1n) is 14.8. The molecule has 0 bridgehead atoms. The van der Waals surface area contributed by atoms with E-state index in [1.807, 2.05) is 66.3 Å². The fourth-order valence-corrected chi connectivity index (χ4v) is 5.29. The van der Waals surface area contributed by atoms with E-state index in [0.717, 1.165) is 48.3 Å². The van der Waals surface area contributed by atoms with Crippen molar-refractivity contribution in [3.63, 3.8) is 0 Å². The average Bonchev–Trinajstić information content (AvgIpc) is 3.97. The Labute approximate surface area is 249 Å². The van der Waals surface area contributed by atoms with Gasteiger partial charge in [0, 0.05) is 31.3 Å². The highest BCUT2D eigenvalue weighted by molar-refractivity contribution is 5.97. The second kappa shape index (κ2) is 9.93. The second-order valence-corrected chi connectivity index (χ2v) is 12.7. The number of aromatic nitrogens is 4. The van der Waals surface area contributed by atoms with Crippen LogP contribution in [0.2, 0.25) is 0 Å². The van der Waals surface area contributed by atoms with Crippen molar-refractivity contribution in [2.24, 2.45) is 0 Å². The second-order valence-electron chi connectivity index (χ2n) is 12.7. The predicted molar refractivity (Wildman–Crippen MR) is 159 cm³/mol. The summed E-state index contributed by atoms with van der Waals surface area (Å²) >= 11 is 0. The number of carbonyl (C=O) groups excluding carboxylic acids is 2. The molecule has 3 fully saturated rings. The van der Waals surface area contributed by atoms with Gasteiger partial charge in [-0.25, -0.2) is 9.97 Å². The normalized spacial score (nSPS) is 18.5. The summed E-state index contributed by atoms with van der Waals surface area (Å²) in [6, 6.07) is 13.0. The summed E-state index contributed by atoms with van der Waals surface area (Å²) in [7, 11) is 3.89. The Morgan fingerprint density at radius 2 is 1.91 bits per heavy atom. The standard InChI is InChI=1S/C32H34N8O3/c1-31(10-11-31)26-16-24(40(38-26)21-6-7-21)30(42)36-23(29(41)37-32(18-33)12-13-32)15-28-35-22-8-4-19(14-25(22)43-28)20-5-9-27(34-17-20)39(2)3/h4-5,8-9,14,16-17,21,23H,6-7,10-13,15H2,1-3H3,(H,36,42)(H,37,41)/t23-/m0/s1. The lowest BCUT2D eigenvalue weighted by Crippen LogP contribution is -2.51. The lowest BCUT2D eigenvalue weighted by molar-refractivity contribution is -0.123. The van der Waals surface area contributed by atoms with Gasteiger partial charge in [-0.1, -0.05) is 13.0 Å². The van der Waals surface area contributed by atoms with Crippen LogP contribution in [0.3, 0.4) is 0 Å². The molecule has 0 spiro atoms. The molecular formula is C32H34N8O3. The molecule has 3 aliphatic carbocycles. The number of nitrogens with zero attached hydrogens (tertiary/aromatic N) is 6. The van der Waals surface area contributed by atoms with E-state index in [2.05, 4.69) is 33.6 Å². The van der Waals surface area contributed by atoms with E-state index in [4.69, 9.17) is 9.52 Å². The zero-order valence-corrected chi connectivity index (χ0v) is 24.6. The monoisotopic (exact) mass is 578 g/mol. The maximum Gasteiger partial charge on any atom is 0.270 e. The van der Waals surface area contributed by atoms with E-state index in [1.54, 1.807) is 0 Å². The van der Waals surface area contributed by atoms with Gasteiger partial charge in [0.25, 0.3) is 5.91 Å². The summed E-state index contributed by atoms with van der Waals surface area (Å²) in [6.07, 6.45) is 7.08. The largest absolute Gasteiger partial charge is 0.441 e. The van der Waals surface area contributed by atoms with Gasteiger partial charge in [-0.05, 0) is 74.4 Å². The highest BCUT2D eigenvalue weighted by atomic mass is 16.3. The molecule has 3 aliphatic rings. The number of oxazole rings is 1. The van der Waals surface area contributed by atoms with Crippen molar-refractivity contribution in [1.29, 1.82) is 5.26 Å². The molecule has 0 radical (unpaired) electrons. The topological polar surface area (TPSA) is 142 Å². The number of nitrogens with one attached hydrogen (secondary N) is 2. The minimum atomic E-state index is -0.990. The van der Waals surface area contributed by atoms with E-state index in [1.165, 1.54) is 0 Å². The van der Waals surface area contributed by atoms with Gasteiger partial charge < -0.3 is 20.0 Å². The average molecular weight is 579 g/mol. The maximum absolute atomic E-state index is 13.7. The lowest BCUT2D eigenvalue weighted by Gasteiger charge is -2.19. The van der Waals surface area contributed by atoms with E-state index < -0.39 is 17.5 Å². The summed E-state index contributed by atoms with van der Waals surface area (Å²) in [4.78, 5) is 38.2. The third kappa shape index (κ3) is 5.33. The van der Waals surface area contributed by atoms with Crippen molar-refractivity contribution in [3.05, 3.63) is 59.9 Å². The first kappa shape index (κ1) is 27.1. The van der Waals surface area contributed by atoms with Crippen LogP contribution in [0, 0.1) is 11.3 Å². The van der Waals surface area contributed by atoms with Gasteiger partial charge in [-0.15, -0.1) is 0 Å². The molecule has 4 aromatic rings. The Balaban J connectivity index is 1.15. The van der Waals surface area contributed by atoms with Gasteiger partial charge in [0.2, 0.25) is 5.91 Å². The number of amides is 2. The number of carbonyl (C=O) groups is 2. The van der Waals surface area contributed by atoms with Crippen LogP contribution in [-0.4, -0.2) is 57.2 Å². The van der Waals surface area contributed by atoms with E-state index in [-0.39, 0.29) is 23.8 Å². The van der Waals surface area contributed by atoms with Crippen LogP contribution < -0.4 is 15.5 Å². The van der Waals surface area contributed by atoms with Crippen molar-refractivity contribution in [3.8, 4) is 17.2 Å². The van der Waals surface area contributed by atoms with Crippen LogP contribution in [0.25, 0.3) is 22.2 Å². The third-order valence-electron chi connectivity index (χ3n) is 8.78. The number of nitriles is 1. The van der Waals surface area contributed by atoms with E-state index in [0.29, 0.717) is 35.5 Å². The quantitative estimate of drug-likeness (QED) is 0.287. The first-order valence-corrected chi connectivity index (χ1v) is 14.8. The number of rotatable bonds is 10. The highest BCUT2D eigenvalue weighted by Crippen LogP contribution is 2.48. The van der Waals surface area contributed by atoms with Gasteiger partial charge in [-0.3, -0.25) is 14.3 Å². The molecule has 0 unspecified atom stereocenters. The molecule has 0 saturated heterocycles. The number of pyridine rings is 1. The number of anilines is 1. The Morgan fingerprint density at radius 3 is 2.53 bits per heavy atom. The SMILES string of the molecule is CN(C)c1ccc(-c2ccc3nc(C[C@H](NC(=O)c4cc(C5(C)CC5)nn4C4CC4)C(=O)NC4(C#N)CC4)oc3c2)cn1. The van der Waals surface area contributed by atoms with Crippen LogP contribution >= 0.6 is 0 Å². The molecular weight excluding hydrogens is 544 g/mol. The minimum Gasteiger partial charge on any atom is -0.441 e. The van der Waals surface area contributed by atoms with Gasteiger partial charge in [0.15, 0.2) is 11.5 Å². The van der Waals surface area contributed by atoms with E-state index >= 15 is 0 Å². The minimum absolute atomic E-state index is 0.0125. The van der Waals surface area contributed by atoms with Crippen LogP contribution in [0.4, 0.5) is 5.82 Å². The van der Waals surface area contributed by atoms with Crippen molar-refractivity contribution in [2.75, 3.05) is 19.0 Å². The van der Waals surface area contributed by atoms with Crippen molar-refractivity contribution < 1.29 is 14.0 Å². The van der Waals surface area contributed by atoms with Crippen molar-refractivity contribution in [1.82, 2.24) is 30.4 Å².